The first-order valence-electron chi connectivity index (χ1n) is 11.5. The Morgan fingerprint density at radius 1 is 0.882 bits per heavy atom. The summed E-state index contributed by atoms with van der Waals surface area (Å²) in [5, 5.41) is 0.904. The molecule has 1 atom stereocenters. The average Bonchev–Trinajstić information content (AvgIpc) is 3.41. The molecule has 2 amide bonds. The van der Waals surface area contributed by atoms with Crippen LogP contribution in [0.4, 0.5) is 0 Å². The van der Waals surface area contributed by atoms with Crippen LogP contribution in [0.15, 0.2) is 79.0 Å². The topological polar surface area (TPSA) is 73.5 Å². The summed E-state index contributed by atoms with van der Waals surface area (Å²) in [6.45, 7) is 1.10. The van der Waals surface area contributed by atoms with Crippen LogP contribution in [0.1, 0.15) is 48.2 Å². The number of Topliss-reactive ketones (excluding diaryl/α,β-unsaturated/α-hetero) is 1. The lowest BCUT2D eigenvalue weighted by molar-refractivity contribution is 0.0574. The molecule has 0 aliphatic carbocycles. The van der Waals surface area contributed by atoms with Gasteiger partial charge in [0.25, 0.3) is 11.8 Å². The highest BCUT2D eigenvalue weighted by Gasteiger charge is 2.39. The summed E-state index contributed by atoms with van der Waals surface area (Å²) in [6.07, 6.45) is 2.58. The Balaban J connectivity index is 1.32. The molecule has 3 heterocycles. The fraction of sp³-hybridized carbons (Fsp3) is 0.179. The molecule has 2 aliphatic rings. The van der Waals surface area contributed by atoms with E-state index in [1.807, 2.05) is 42.5 Å². The molecule has 0 spiro atoms. The Kier molecular flexibility index (Phi) is 4.89. The van der Waals surface area contributed by atoms with E-state index >= 15 is 0 Å². The van der Waals surface area contributed by atoms with Crippen LogP contribution < -0.4 is 0 Å². The third-order valence-electron chi connectivity index (χ3n) is 6.99. The van der Waals surface area contributed by atoms with Gasteiger partial charge in [-0.3, -0.25) is 24.2 Å². The van der Waals surface area contributed by atoms with Gasteiger partial charge in [0.05, 0.1) is 23.7 Å². The van der Waals surface area contributed by atoms with Crippen LogP contribution in [0.3, 0.4) is 0 Å². The van der Waals surface area contributed by atoms with Crippen molar-refractivity contribution >= 4 is 28.5 Å². The Morgan fingerprint density at radius 2 is 1.56 bits per heavy atom. The van der Waals surface area contributed by atoms with Gasteiger partial charge in [0, 0.05) is 35.8 Å². The molecule has 0 radical (unpaired) electrons. The van der Waals surface area contributed by atoms with Crippen molar-refractivity contribution in [3.8, 4) is 0 Å². The van der Waals surface area contributed by atoms with Crippen LogP contribution >= 0.6 is 0 Å². The first kappa shape index (κ1) is 20.6. The quantitative estimate of drug-likeness (QED) is 0.365. The van der Waals surface area contributed by atoms with Crippen LogP contribution in [0.2, 0.25) is 0 Å². The van der Waals surface area contributed by atoms with E-state index in [9.17, 15) is 14.4 Å². The SMILES string of the molecule is O=C(CN1CCc2ccccc2[C@@H]1CN1C(=O)c2ccccc2C1=O)c1c[nH]c2ccccc12. The summed E-state index contributed by atoms with van der Waals surface area (Å²) < 4.78 is 0. The number of nitrogens with zero attached hydrogens (tertiary/aromatic N) is 2. The van der Waals surface area contributed by atoms with Crippen LogP contribution in [0.5, 0.6) is 0 Å². The van der Waals surface area contributed by atoms with E-state index in [0.717, 1.165) is 22.9 Å². The zero-order valence-corrected chi connectivity index (χ0v) is 18.5. The van der Waals surface area contributed by atoms with Gasteiger partial charge < -0.3 is 4.98 Å². The van der Waals surface area contributed by atoms with Gasteiger partial charge >= 0.3 is 0 Å². The summed E-state index contributed by atoms with van der Waals surface area (Å²) in [4.78, 5) is 46.1. The van der Waals surface area contributed by atoms with Gasteiger partial charge in [-0.25, -0.2) is 0 Å². The number of carbonyl (C=O) groups excluding carboxylic acids is 3. The summed E-state index contributed by atoms with van der Waals surface area (Å²) in [5.74, 6) is -0.526. The number of hydrogen-bond acceptors (Lipinski definition) is 4. The third-order valence-corrected chi connectivity index (χ3v) is 6.99. The number of H-pyrrole nitrogens is 1. The molecule has 6 nitrogen and oxygen atoms in total. The maximum Gasteiger partial charge on any atom is 0.261 e. The Labute approximate surface area is 196 Å². The van der Waals surface area contributed by atoms with E-state index in [2.05, 4.69) is 16.0 Å². The van der Waals surface area contributed by atoms with Crippen LogP contribution in [0.25, 0.3) is 10.9 Å². The van der Waals surface area contributed by atoms with Gasteiger partial charge in [-0.1, -0.05) is 54.6 Å². The largest absolute Gasteiger partial charge is 0.360 e. The zero-order chi connectivity index (χ0) is 23.2. The maximum absolute atomic E-state index is 13.4. The van der Waals surface area contributed by atoms with Crippen LogP contribution in [-0.4, -0.2) is 52.0 Å². The molecular formula is C28H23N3O3. The van der Waals surface area contributed by atoms with Gasteiger partial charge in [0.15, 0.2) is 5.78 Å². The summed E-state index contributed by atoms with van der Waals surface area (Å²) in [5.41, 5.74) is 4.74. The standard InChI is InChI=1S/C28H23N3O3/c32-26(23-15-29-24-12-6-5-9-20(23)24)17-30-14-13-18-7-1-2-8-19(18)25(30)16-31-27(33)21-10-3-4-11-22(21)28(31)34/h1-12,15,25,29H,13-14,16-17H2/t25-/m0/s1. The number of imide groups is 1. The number of carbonyl (C=O) groups is 3. The molecule has 0 bridgehead atoms. The van der Waals surface area contributed by atoms with Crippen molar-refractivity contribution in [1.29, 1.82) is 0 Å². The van der Waals surface area contributed by atoms with Crippen molar-refractivity contribution in [2.45, 2.75) is 12.5 Å². The monoisotopic (exact) mass is 449 g/mol. The molecule has 0 unspecified atom stereocenters. The number of aromatic amines is 1. The molecule has 0 fully saturated rings. The van der Waals surface area contributed by atoms with E-state index in [1.165, 1.54) is 10.5 Å². The first-order chi connectivity index (χ1) is 16.6. The first-order valence-corrected chi connectivity index (χ1v) is 11.5. The number of nitrogens with one attached hydrogen (secondary N) is 1. The highest BCUT2D eigenvalue weighted by Crippen LogP contribution is 2.33. The highest BCUT2D eigenvalue weighted by molar-refractivity contribution is 6.21. The molecular weight excluding hydrogens is 426 g/mol. The molecule has 168 valence electrons. The second-order valence-electron chi connectivity index (χ2n) is 8.87. The predicted molar refractivity (Wildman–Crippen MR) is 129 cm³/mol. The maximum atomic E-state index is 13.4. The number of benzene rings is 3. The van der Waals surface area contributed by atoms with Crippen LogP contribution in [0, 0.1) is 0 Å². The summed E-state index contributed by atoms with van der Waals surface area (Å²) in [7, 11) is 0. The number of aromatic nitrogens is 1. The van der Waals surface area contributed by atoms with Gasteiger partial charge in [-0.2, -0.15) is 0 Å². The minimum absolute atomic E-state index is 0.0178. The molecule has 4 aromatic rings. The van der Waals surface area contributed by atoms with E-state index in [-0.39, 0.29) is 36.7 Å². The van der Waals surface area contributed by atoms with Gasteiger partial charge in [-0.15, -0.1) is 0 Å². The van der Waals surface area contributed by atoms with E-state index in [0.29, 0.717) is 23.2 Å². The number of amides is 2. The molecule has 1 N–H and O–H groups in total. The highest BCUT2D eigenvalue weighted by atomic mass is 16.2. The zero-order valence-electron chi connectivity index (χ0n) is 18.5. The lowest BCUT2D eigenvalue weighted by Gasteiger charge is -2.38. The predicted octanol–water partition coefficient (Wildman–Crippen LogP) is 4.25. The molecule has 6 heteroatoms. The lowest BCUT2D eigenvalue weighted by atomic mass is 9.91. The molecule has 0 saturated heterocycles. The van der Waals surface area contributed by atoms with Crippen molar-refractivity contribution in [3.63, 3.8) is 0 Å². The van der Waals surface area contributed by atoms with Crippen molar-refractivity contribution in [2.75, 3.05) is 19.6 Å². The second-order valence-corrected chi connectivity index (χ2v) is 8.87. The second kappa shape index (κ2) is 8.08. The lowest BCUT2D eigenvalue weighted by Crippen LogP contribution is -2.45. The Morgan fingerprint density at radius 3 is 2.35 bits per heavy atom. The number of para-hydroxylation sites is 1. The molecule has 2 aliphatic heterocycles. The minimum Gasteiger partial charge on any atom is -0.360 e. The Hall–Kier alpha value is -4.03. The van der Waals surface area contributed by atoms with E-state index < -0.39 is 0 Å². The summed E-state index contributed by atoms with van der Waals surface area (Å²) in [6, 6.07) is 22.6. The minimum atomic E-state index is -0.272. The van der Waals surface area contributed by atoms with E-state index in [4.69, 9.17) is 0 Å². The van der Waals surface area contributed by atoms with Crippen LogP contribution in [-0.2, 0) is 6.42 Å². The van der Waals surface area contributed by atoms with Crippen molar-refractivity contribution in [3.05, 3.63) is 107 Å². The number of fused-ring (bicyclic) bond motifs is 3. The number of ketones is 1. The summed E-state index contributed by atoms with van der Waals surface area (Å²) >= 11 is 0. The van der Waals surface area contributed by atoms with Gasteiger partial charge in [0.2, 0.25) is 0 Å². The molecule has 3 aromatic carbocycles. The van der Waals surface area contributed by atoms with Crippen molar-refractivity contribution in [1.82, 2.24) is 14.8 Å². The molecule has 34 heavy (non-hydrogen) atoms. The average molecular weight is 450 g/mol. The normalized spacial score (nSPS) is 17.8. The molecule has 0 saturated carbocycles. The smallest absolute Gasteiger partial charge is 0.261 e. The fourth-order valence-electron chi connectivity index (χ4n) is 5.26. The molecule has 6 rings (SSSR count). The van der Waals surface area contributed by atoms with E-state index in [1.54, 1.807) is 30.5 Å². The fourth-order valence-corrected chi connectivity index (χ4v) is 5.26. The third kappa shape index (κ3) is 3.26. The number of rotatable bonds is 5. The van der Waals surface area contributed by atoms with Gasteiger partial charge in [-0.05, 0) is 35.7 Å². The van der Waals surface area contributed by atoms with Gasteiger partial charge in [0.1, 0.15) is 0 Å². The Bertz CT molecular complexity index is 1420. The number of hydrogen-bond donors (Lipinski definition) is 1. The van der Waals surface area contributed by atoms with Crippen molar-refractivity contribution in [2.24, 2.45) is 0 Å². The van der Waals surface area contributed by atoms with Crippen molar-refractivity contribution < 1.29 is 14.4 Å². The molecule has 1 aromatic heterocycles.